The number of hydrogen-bond acceptors (Lipinski definition) is 1. The van der Waals surface area contributed by atoms with E-state index in [1.807, 2.05) is 31.2 Å². The minimum atomic E-state index is -0.0230. The molecule has 0 aliphatic heterocycles. The second-order valence-corrected chi connectivity index (χ2v) is 6.63. The van der Waals surface area contributed by atoms with E-state index < -0.39 is 0 Å². The molecular weight excluding hydrogens is 373 g/mol. The van der Waals surface area contributed by atoms with Crippen LogP contribution in [0.5, 0.6) is 0 Å². The summed E-state index contributed by atoms with van der Waals surface area (Å²) in [6, 6.07) is 12.0. The lowest BCUT2D eigenvalue weighted by molar-refractivity contribution is 0.0939. The van der Waals surface area contributed by atoms with E-state index in [2.05, 4.69) is 60.8 Å². The number of rotatable bonds is 3. The van der Waals surface area contributed by atoms with Gasteiger partial charge < -0.3 is 5.32 Å². The van der Waals surface area contributed by atoms with Gasteiger partial charge in [-0.1, -0.05) is 24.3 Å². The minimum Gasteiger partial charge on any atom is -0.345 e. The van der Waals surface area contributed by atoms with E-state index in [1.165, 1.54) is 22.3 Å². The Balaban J connectivity index is 2.22. The van der Waals surface area contributed by atoms with Gasteiger partial charge in [0.25, 0.3) is 5.91 Å². The predicted octanol–water partition coefficient (Wildman–Crippen LogP) is 4.71. The molecule has 0 spiro atoms. The highest BCUT2D eigenvalue weighted by molar-refractivity contribution is 14.1. The Kier molecular flexibility index (Phi) is 5.04. The van der Waals surface area contributed by atoms with E-state index in [0.717, 1.165) is 9.13 Å². The highest BCUT2D eigenvalue weighted by Gasteiger charge is 2.15. The zero-order valence-electron chi connectivity index (χ0n) is 12.8. The zero-order chi connectivity index (χ0) is 15.6. The molecule has 1 N–H and O–H groups in total. The van der Waals surface area contributed by atoms with Crippen LogP contribution in [0.15, 0.2) is 36.4 Å². The smallest absolute Gasteiger partial charge is 0.252 e. The molecule has 0 aromatic heterocycles. The molecule has 0 bridgehead atoms. The monoisotopic (exact) mass is 393 g/mol. The first-order valence-electron chi connectivity index (χ1n) is 7.03. The van der Waals surface area contributed by atoms with E-state index in [9.17, 15) is 4.79 Å². The lowest BCUT2D eigenvalue weighted by Crippen LogP contribution is -2.27. The number of hydrogen-bond donors (Lipinski definition) is 1. The summed E-state index contributed by atoms with van der Waals surface area (Å²) in [5.41, 5.74) is 5.66. The van der Waals surface area contributed by atoms with Crippen molar-refractivity contribution in [2.45, 2.75) is 33.7 Å². The van der Waals surface area contributed by atoms with Gasteiger partial charge in [-0.15, -0.1) is 0 Å². The number of carbonyl (C=O) groups is 1. The van der Waals surface area contributed by atoms with Crippen LogP contribution in [0.4, 0.5) is 0 Å². The van der Waals surface area contributed by atoms with Gasteiger partial charge >= 0.3 is 0 Å². The Morgan fingerprint density at radius 3 is 2.33 bits per heavy atom. The molecule has 1 atom stereocenters. The molecule has 3 heteroatoms. The fourth-order valence-corrected chi connectivity index (χ4v) is 3.08. The van der Waals surface area contributed by atoms with Gasteiger partial charge in [-0.25, -0.2) is 0 Å². The van der Waals surface area contributed by atoms with Crippen molar-refractivity contribution < 1.29 is 4.79 Å². The van der Waals surface area contributed by atoms with Gasteiger partial charge in [0.1, 0.15) is 0 Å². The Morgan fingerprint density at radius 2 is 1.67 bits per heavy atom. The number of aryl methyl sites for hydroxylation is 3. The molecule has 21 heavy (non-hydrogen) atoms. The normalized spacial score (nSPS) is 12.0. The fourth-order valence-electron chi connectivity index (χ4n) is 2.45. The molecule has 0 saturated heterocycles. The van der Waals surface area contributed by atoms with E-state index >= 15 is 0 Å². The molecule has 2 aromatic rings. The van der Waals surface area contributed by atoms with Crippen molar-refractivity contribution in [2.24, 2.45) is 0 Å². The van der Waals surface area contributed by atoms with Crippen molar-refractivity contribution in [3.8, 4) is 0 Å². The average Bonchev–Trinajstić information content (AvgIpc) is 2.43. The highest BCUT2D eigenvalue weighted by atomic mass is 127. The van der Waals surface area contributed by atoms with E-state index in [-0.39, 0.29) is 11.9 Å². The molecule has 2 aromatic carbocycles. The molecule has 0 heterocycles. The molecule has 0 unspecified atom stereocenters. The summed E-state index contributed by atoms with van der Waals surface area (Å²) in [5.74, 6) is -0.0230. The quantitative estimate of drug-likeness (QED) is 0.753. The molecule has 1 amide bonds. The largest absolute Gasteiger partial charge is 0.345 e. The summed E-state index contributed by atoms with van der Waals surface area (Å²) >= 11 is 2.19. The minimum absolute atomic E-state index is 0.00666. The van der Waals surface area contributed by atoms with E-state index in [1.54, 1.807) is 0 Å². The number of nitrogens with one attached hydrogen (secondary N) is 1. The number of amides is 1. The molecular formula is C18H20INO. The van der Waals surface area contributed by atoms with Crippen LogP contribution in [-0.2, 0) is 0 Å². The topological polar surface area (TPSA) is 29.1 Å². The van der Waals surface area contributed by atoms with Crippen LogP contribution in [0.3, 0.4) is 0 Å². The SMILES string of the molecule is Cc1cc(C)c([C@H](C)NC(=O)c2ccccc2I)cc1C. The van der Waals surface area contributed by atoms with Crippen molar-refractivity contribution in [2.75, 3.05) is 0 Å². The van der Waals surface area contributed by atoms with Gasteiger partial charge in [-0.3, -0.25) is 4.79 Å². The molecule has 0 aliphatic carbocycles. The maximum absolute atomic E-state index is 12.4. The number of halogens is 1. The first-order chi connectivity index (χ1) is 9.90. The van der Waals surface area contributed by atoms with Gasteiger partial charge in [0.2, 0.25) is 0 Å². The summed E-state index contributed by atoms with van der Waals surface area (Å²) in [5, 5.41) is 3.10. The van der Waals surface area contributed by atoms with Crippen LogP contribution in [0.2, 0.25) is 0 Å². The van der Waals surface area contributed by atoms with Crippen LogP contribution in [0.1, 0.15) is 45.6 Å². The second kappa shape index (κ2) is 6.60. The first-order valence-corrected chi connectivity index (χ1v) is 8.11. The lowest BCUT2D eigenvalue weighted by atomic mass is 9.96. The first kappa shape index (κ1) is 16.0. The molecule has 0 aliphatic rings. The van der Waals surface area contributed by atoms with Crippen LogP contribution < -0.4 is 5.32 Å². The maximum Gasteiger partial charge on any atom is 0.252 e. The summed E-state index contributed by atoms with van der Waals surface area (Å²) in [7, 11) is 0. The van der Waals surface area contributed by atoms with Crippen molar-refractivity contribution in [3.05, 3.63) is 67.8 Å². The third-order valence-electron chi connectivity index (χ3n) is 3.81. The molecule has 0 saturated carbocycles. The number of benzene rings is 2. The summed E-state index contributed by atoms with van der Waals surface area (Å²) in [4.78, 5) is 12.4. The third kappa shape index (κ3) is 3.64. The van der Waals surface area contributed by atoms with Crippen molar-refractivity contribution in [3.63, 3.8) is 0 Å². The van der Waals surface area contributed by atoms with Gasteiger partial charge in [-0.05, 0) is 84.7 Å². The molecule has 110 valence electrons. The van der Waals surface area contributed by atoms with E-state index in [4.69, 9.17) is 0 Å². The Hall–Kier alpha value is -1.36. The third-order valence-corrected chi connectivity index (χ3v) is 4.76. The Bertz CT molecular complexity index is 679. The van der Waals surface area contributed by atoms with Crippen molar-refractivity contribution in [1.29, 1.82) is 0 Å². The highest BCUT2D eigenvalue weighted by Crippen LogP contribution is 2.22. The fraction of sp³-hybridized carbons (Fsp3) is 0.278. The Morgan fingerprint density at radius 1 is 1.05 bits per heavy atom. The maximum atomic E-state index is 12.4. The standard InChI is InChI=1S/C18H20INO/c1-11-9-13(3)16(10-12(11)2)14(4)20-18(21)15-7-5-6-8-17(15)19/h5-10,14H,1-4H3,(H,20,21)/t14-/m0/s1. The molecule has 2 nitrogen and oxygen atoms in total. The van der Waals surface area contributed by atoms with Crippen LogP contribution >= 0.6 is 22.6 Å². The molecule has 0 fully saturated rings. The average molecular weight is 393 g/mol. The van der Waals surface area contributed by atoms with Crippen LogP contribution in [0.25, 0.3) is 0 Å². The van der Waals surface area contributed by atoms with Crippen LogP contribution in [-0.4, -0.2) is 5.91 Å². The molecule has 2 rings (SSSR count). The second-order valence-electron chi connectivity index (χ2n) is 5.47. The lowest BCUT2D eigenvalue weighted by Gasteiger charge is -2.19. The predicted molar refractivity (Wildman–Crippen MR) is 95.7 cm³/mol. The molecule has 0 radical (unpaired) electrons. The summed E-state index contributed by atoms with van der Waals surface area (Å²) in [6.45, 7) is 8.34. The number of carbonyl (C=O) groups excluding carboxylic acids is 1. The summed E-state index contributed by atoms with van der Waals surface area (Å²) < 4.78 is 0.969. The van der Waals surface area contributed by atoms with Gasteiger partial charge in [0.05, 0.1) is 11.6 Å². The van der Waals surface area contributed by atoms with Gasteiger partial charge in [0, 0.05) is 3.57 Å². The Labute approximate surface area is 140 Å². The van der Waals surface area contributed by atoms with Gasteiger partial charge in [0.15, 0.2) is 0 Å². The van der Waals surface area contributed by atoms with E-state index in [0.29, 0.717) is 0 Å². The van der Waals surface area contributed by atoms with Gasteiger partial charge in [-0.2, -0.15) is 0 Å². The van der Waals surface area contributed by atoms with Crippen LogP contribution in [0, 0.1) is 24.3 Å². The van der Waals surface area contributed by atoms with Crippen molar-refractivity contribution in [1.82, 2.24) is 5.32 Å². The van der Waals surface area contributed by atoms with Crippen molar-refractivity contribution >= 4 is 28.5 Å². The summed E-state index contributed by atoms with van der Waals surface area (Å²) in [6.07, 6.45) is 0. The zero-order valence-corrected chi connectivity index (χ0v) is 15.0.